The Morgan fingerprint density at radius 3 is 1.33 bits per heavy atom. The van der Waals surface area contributed by atoms with E-state index in [-0.39, 0.29) is 32.0 Å². The van der Waals surface area contributed by atoms with Crippen molar-refractivity contribution >= 4 is 19.8 Å². The Morgan fingerprint density at radius 1 is 0.500 bits per heavy atom. The first kappa shape index (κ1) is 61.5. The third kappa shape index (κ3) is 48.9. The van der Waals surface area contributed by atoms with Crippen molar-refractivity contribution < 1.29 is 42.1 Å². The summed E-state index contributed by atoms with van der Waals surface area (Å²) < 4.78 is 34.4. The smallest absolute Gasteiger partial charge is 0.462 e. The summed E-state index contributed by atoms with van der Waals surface area (Å²) in [5.74, 6) is -0.847. The molecule has 2 unspecified atom stereocenters. The van der Waals surface area contributed by atoms with Gasteiger partial charge >= 0.3 is 19.8 Å². The van der Waals surface area contributed by atoms with Gasteiger partial charge in [-0.1, -0.05) is 202 Å². The van der Waals surface area contributed by atoms with Crippen LogP contribution in [0.1, 0.15) is 206 Å². The fourth-order valence-electron chi connectivity index (χ4n) is 6.78. The van der Waals surface area contributed by atoms with Crippen molar-refractivity contribution in [1.82, 2.24) is 0 Å². The zero-order chi connectivity index (χ0) is 47.1. The Kier molecular flexibility index (Phi) is 43.8. The zero-order valence-corrected chi connectivity index (χ0v) is 42.6. The number of allylic oxidation sites excluding steroid dienone is 12. The molecule has 0 radical (unpaired) electrons. The molecule has 0 bridgehead atoms. The topological polar surface area (TPSA) is 108 Å². The molecule has 1 N–H and O–H groups in total. The molecule has 0 rings (SSSR count). The van der Waals surface area contributed by atoms with Gasteiger partial charge in [-0.3, -0.25) is 18.6 Å². The summed E-state index contributed by atoms with van der Waals surface area (Å²) in [6.45, 7) is 4.27. The molecule has 10 heteroatoms. The number of hydrogen-bond donors (Lipinski definition) is 1. The maximum atomic E-state index is 12.7. The van der Waals surface area contributed by atoms with Crippen LogP contribution in [0.15, 0.2) is 72.9 Å². The van der Waals surface area contributed by atoms with Gasteiger partial charge in [0.05, 0.1) is 27.7 Å². The first-order chi connectivity index (χ1) is 31.0. The second-order valence-corrected chi connectivity index (χ2v) is 19.6. The number of phosphoric acid groups is 1. The summed E-state index contributed by atoms with van der Waals surface area (Å²) in [6.07, 6.45) is 58.2. The molecule has 64 heavy (non-hydrogen) atoms. The van der Waals surface area contributed by atoms with Gasteiger partial charge in [-0.2, -0.15) is 0 Å². The van der Waals surface area contributed by atoms with Crippen molar-refractivity contribution in [3.63, 3.8) is 0 Å². The molecule has 0 saturated heterocycles. The van der Waals surface area contributed by atoms with Crippen LogP contribution < -0.4 is 0 Å². The molecule has 0 aliphatic heterocycles. The van der Waals surface area contributed by atoms with E-state index >= 15 is 0 Å². The van der Waals surface area contributed by atoms with Crippen molar-refractivity contribution in [2.24, 2.45) is 0 Å². The van der Waals surface area contributed by atoms with E-state index in [1.165, 1.54) is 103 Å². The van der Waals surface area contributed by atoms with Gasteiger partial charge in [0.1, 0.15) is 19.8 Å². The average Bonchev–Trinajstić information content (AvgIpc) is 3.25. The van der Waals surface area contributed by atoms with Crippen LogP contribution in [-0.4, -0.2) is 74.9 Å². The molecule has 2 atom stereocenters. The molecule has 9 nitrogen and oxygen atoms in total. The van der Waals surface area contributed by atoms with Gasteiger partial charge in [-0.15, -0.1) is 0 Å². The van der Waals surface area contributed by atoms with E-state index in [4.69, 9.17) is 18.5 Å². The number of rotatable bonds is 46. The minimum Gasteiger partial charge on any atom is -0.462 e. The summed E-state index contributed by atoms with van der Waals surface area (Å²) in [7, 11) is 1.44. The Morgan fingerprint density at radius 2 is 0.891 bits per heavy atom. The minimum atomic E-state index is -4.40. The van der Waals surface area contributed by atoms with Crippen LogP contribution in [0.3, 0.4) is 0 Å². The van der Waals surface area contributed by atoms with Crippen molar-refractivity contribution in [2.45, 2.75) is 213 Å². The SMILES string of the molecule is CC/C=C\C/C=C\C/C=C\C/C=C\C/C=C\C/C=C\CCCCC(=O)OC(COC(=O)CCCCCCCCCCCCCCCCCCCCC)COP(=O)(O)OCC[N+](C)(C)C. The molecule has 0 amide bonds. The molecule has 0 aliphatic carbocycles. The van der Waals surface area contributed by atoms with Gasteiger partial charge in [-0.05, 0) is 64.2 Å². The van der Waals surface area contributed by atoms with Crippen LogP contribution in [0.25, 0.3) is 0 Å². The van der Waals surface area contributed by atoms with Crippen molar-refractivity contribution in [3.05, 3.63) is 72.9 Å². The average molecular weight is 919 g/mol. The summed E-state index contributed by atoms with van der Waals surface area (Å²) in [4.78, 5) is 35.5. The van der Waals surface area contributed by atoms with Gasteiger partial charge in [0.2, 0.25) is 0 Å². The number of likely N-dealkylation sites (N-methyl/N-ethyl adjacent to an activating group) is 1. The van der Waals surface area contributed by atoms with E-state index in [0.29, 0.717) is 17.4 Å². The Balaban J connectivity index is 4.34. The highest BCUT2D eigenvalue weighted by atomic mass is 31.2. The number of carbonyl (C=O) groups excluding carboxylic acids is 2. The van der Waals surface area contributed by atoms with E-state index in [1.54, 1.807) is 0 Å². The summed E-state index contributed by atoms with van der Waals surface area (Å²) >= 11 is 0. The normalized spacial score (nSPS) is 14.0. The van der Waals surface area contributed by atoms with E-state index in [9.17, 15) is 19.0 Å². The molecule has 370 valence electrons. The molecule has 0 aromatic rings. The predicted octanol–water partition coefficient (Wildman–Crippen LogP) is 15.4. The van der Waals surface area contributed by atoms with Gasteiger partial charge < -0.3 is 18.9 Å². The molecule has 0 aliphatic rings. The van der Waals surface area contributed by atoms with Crippen LogP contribution in [0.5, 0.6) is 0 Å². The third-order valence-electron chi connectivity index (χ3n) is 10.8. The van der Waals surface area contributed by atoms with Crippen LogP contribution >= 0.6 is 7.82 Å². The lowest BCUT2D eigenvalue weighted by Gasteiger charge is -2.24. The summed E-state index contributed by atoms with van der Waals surface area (Å²) in [6, 6.07) is 0. The monoisotopic (exact) mass is 919 g/mol. The zero-order valence-electron chi connectivity index (χ0n) is 41.7. The maximum Gasteiger partial charge on any atom is 0.472 e. The number of phosphoric ester groups is 1. The molecule has 0 aromatic carbocycles. The molecule has 0 saturated carbocycles. The molecule has 0 spiro atoms. The highest BCUT2D eigenvalue weighted by Crippen LogP contribution is 2.43. The van der Waals surface area contributed by atoms with Gasteiger partial charge in [0.25, 0.3) is 0 Å². The molecule has 0 heterocycles. The lowest BCUT2D eigenvalue weighted by atomic mass is 10.0. The quantitative estimate of drug-likeness (QED) is 0.0211. The largest absolute Gasteiger partial charge is 0.472 e. The Labute approximate surface area is 393 Å². The van der Waals surface area contributed by atoms with Gasteiger partial charge in [0.15, 0.2) is 6.10 Å². The predicted molar refractivity (Wildman–Crippen MR) is 270 cm³/mol. The molecular formula is C54H97NO8P+. The lowest BCUT2D eigenvalue weighted by Crippen LogP contribution is -2.37. The number of hydrogen-bond acceptors (Lipinski definition) is 7. The van der Waals surface area contributed by atoms with E-state index < -0.39 is 26.5 Å². The van der Waals surface area contributed by atoms with Gasteiger partial charge in [0, 0.05) is 12.8 Å². The number of esters is 2. The van der Waals surface area contributed by atoms with E-state index in [2.05, 4.69) is 86.8 Å². The van der Waals surface area contributed by atoms with E-state index in [0.717, 1.165) is 70.6 Å². The Bertz CT molecular complexity index is 1310. The van der Waals surface area contributed by atoms with Crippen molar-refractivity contribution in [2.75, 3.05) is 47.5 Å². The molecule has 0 aromatic heterocycles. The van der Waals surface area contributed by atoms with E-state index in [1.807, 2.05) is 21.1 Å². The summed E-state index contributed by atoms with van der Waals surface area (Å²) in [5.41, 5.74) is 0. The third-order valence-corrected chi connectivity index (χ3v) is 11.7. The van der Waals surface area contributed by atoms with Crippen LogP contribution in [0.2, 0.25) is 0 Å². The van der Waals surface area contributed by atoms with Crippen molar-refractivity contribution in [1.29, 1.82) is 0 Å². The highest BCUT2D eigenvalue weighted by molar-refractivity contribution is 7.47. The number of unbranched alkanes of at least 4 members (excludes halogenated alkanes) is 20. The van der Waals surface area contributed by atoms with Gasteiger partial charge in [-0.25, -0.2) is 4.57 Å². The Hall–Kier alpha value is -2.55. The minimum absolute atomic E-state index is 0.0208. The number of ether oxygens (including phenoxy) is 2. The second kappa shape index (κ2) is 45.6. The number of nitrogens with zero attached hydrogens (tertiary/aromatic N) is 1. The fraction of sp³-hybridized carbons (Fsp3) is 0.741. The maximum absolute atomic E-state index is 12.7. The molecular weight excluding hydrogens is 822 g/mol. The first-order valence-electron chi connectivity index (χ1n) is 25.7. The van der Waals surface area contributed by atoms with Crippen LogP contribution in [0, 0.1) is 0 Å². The van der Waals surface area contributed by atoms with Crippen LogP contribution in [-0.2, 0) is 32.7 Å². The van der Waals surface area contributed by atoms with Crippen LogP contribution in [0.4, 0.5) is 0 Å². The second-order valence-electron chi connectivity index (χ2n) is 18.2. The van der Waals surface area contributed by atoms with Crippen molar-refractivity contribution in [3.8, 4) is 0 Å². The molecule has 0 fully saturated rings. The summed E-state index contributed by atoms with van der Waals surface area (Å²) in [5, 5.41) is 0. The highest BCUT2D eigenvalue weighted by Gasteiger charge is 2.27. The fourth-order valence-corrected chi connectivity index (χ4v) is 7.52. The number of carbonyl (C=O) groups is 2. The standard InChI is InChI=1S/C54H96NO8P/c1-6-8-10-12-14-16-18-20-22-24-26-27-29-31-33-35-37-39-41-43-45-47-54(57)63-52(51-62-64(58,59)61-49-48-55(3,4)5)50-60-53(56)46-44-42-40-38-36-34-32-30-28-25-23-21-19-17-15-13-11-9-7-2/h8,10,14,16,20,22,26-27,31,33,37,39,52H,6-7,9,11-13,15,17-19,21,23-25,28-30,32,34-36,38,40-51H2,1-5H3/p+1/b10-8-,16-14-,22-20-,27-26-,33-31-,39-37-. The number of quaternary nitrogens is 1. The lowest BCUT2D eigenvalue weighted by molar-refractivity contribution is -0.870. The first-order valence-corrected chi connectivity index (χ1v) is 27.2.